The molecule has 0 spiro atoms. The minimum atomic E-state index is 0.428. The van der Waals surface area contributed by atoms with Gasteiger partial charge in [0.25, 0.3) is 0 Å². The molecule has 0 amide bonds. The Morgan fingerprint density at radius 1 is 1.33 bits per heavy atom. The predicted octanol–water partition coefficient (Wildman–Crippen LogP) is 2.37. The van der Waals surface area contributed by atoms with Crippen LogP contribution in [0.25, 0.3) is 0 Å². The van der Waals surface area contributed by atoms with E-state index in [1.807, 2.05) is 4.68 Å². The number of aromatic nitrogens is 6. The zero-order chi connectivity index (χ0) is 14.5. The third-order valence-corrected chi connectivity index (χ3v) is 5.28. The Balaban J connectivity index is 1.67. The maximum absolute atomic E-state index is 5.04. The van der Waals surface area contributed by atoms with Crippen molar-refractivity contribution >= 4 is 23.3 Å². The summed E-state index contributed by atoms with van der Waals surface area (Å²) >= 11 is 2.89. The molecule has 1 fully saturated rings. The first-order chi connectivity index (χ1) is 10.4. The molecule has 2 aromatic heterocycles. The van der Waals surface area contributed by atoms with Crippen molar-refractivity contribution in [2.75, 3.05) is 13.7 Å². The SMILES string of the molecule is COCCc1nsc(Sc2nnnn2C2CCCCC2)n1. The van der Waals surface area contributed by atoms with E-state index >= 15 is 0 Å². The third kappa shape index (κ3) is 3.78. The quantitative estimate of drug-likeness (QED) is 0.806. The third-order valence-electron chi connectivity index (χ3n) is 3.54. The summed E-state index contributed by atoms with van der Waals surface area (Å²) in [5, 5.41) is 12.9. The van der Waals surface area contributed by atoms with Gasteiger partial charge in [0.15, 0.2) is 4.34 Å². The van der Waals surface area contributed by atoms with Crippen molar-refractivity contribution in [1.29, 1.82) is 0 Å². The molecular weight excluding hydrogens is 308 g/mol. The van der Waals surface area contributed by atoms with E-state index in [2.05, 4.69) is 24.9 Å². The summed E-state index contributed by atoms with van der Waals surface area (Å²) in [5.74, 6) is 0.820. The average molecular weight is 326 g/mol. The van der Waals surface area contributed by atoms with Crippen molar-refractivity contribution in [3.05, 3.63) is 5.82 Å². The van der Waals surface area contributed by atoms with Crippen LogP contribution in [0.4, 0.5) is 0 Å². The highest BCUT2D eigenvalue weighted by Crippen LogP contribution is 2.33. The van der Waals surface area contributed by atoms with Crippen molar-refractivity contribution in [1.82, 2.24) is 29.6 Å². The zero-order valence-corrected chi connectivity index (χ0v) is 13.6. The van der Waals surface area contributed by atoms with Crippen LogP contribution < -0.4 is 0 Å². The molecule has 9 heteroatoms. The van der Waals surface area contributed by atoms with Crippen LogP contribution in [-0.4, -0.2) is 43.3 Å². The molecule has 0 unspecified atom stereocenters. The topological polar surface area (TPSA) is 78.6 Å². The average Bonchev–Trinajstić information content (AvgIpc) is 3.16. The van der Waals surface area contributed by atoms with E-state index in [4.69, 9.17) is 4.74 Å². The molecule has 0 atom stereocenters. The fraction of sp³-hybridized carbons (Fsp3) is 0.750. The van der Waals surface area contributed by atoms with Crippen LogP contribution in [0.2, 0.25) is 0 Å². The first-order valence-corrected chi connectivity index (χ1v) is 8.73. The molecule has 3 rings (SSSR count). The predicted molar refractivity (Wildman–Crippen MR) is 79.6 cm³/mol. The van der Waals surface area contributed by atoms with Gasteiger partial charge in [-0.1, -0.05) is 19.3 Å². The molecule has 1 aliphatic rings. The first-order valence-electron chi connectivity index (χ1n) is 7.14. The van der Waals surface area contributed by atoms with Crippen molar-refractivity contribution in [2.24, 2.45) is 0 Å². The maximum atomic E-state index is 5.04. The summed E-state index contributed by atoms with van der Waals surface area (Å²) < 4.78 is 12.2. The maximum Gasteiger partial charge on any atom is 0.216 e. The molecule has 21 heavy (non-hydrogen) atoms. The summed E-state index contributed by atoms with van der Waals surface area (Å²) in [6, 6.07) is 0.428. The van der Waals surface area contributed by atoms with E-state index in [0.717, 1.165) is 34.6 Å². The Labute approximate surface area is 131 Å². The van der Waals surface area contributed by atoms with E-state index in [1.165, 1.54) is 42.6 Å². The van der Waals surface area contributed by atoms with Crippen LogP contribution in [-0.2, 0) is 11.2 Å². The van der Waals surface area contributed by atoms with Gasteiger partial charge in [-0.2, -0.15) is 4.37 Å². The van der Waals surface area contributed by atoms with Gasteiger partial charge < -0.3 is 4.74 Å². The lowest BCUT2D eigenvalue weighted by atomic mass is 9.96. The Bertz CT molecular complexity index is 566. The van der Waals surface area contributed by atoms with Gasteiger partial charge in [-0.05, 0) is 46.6 Å². The highest BCUT2D eigenvalue weighted by atomic mass is 32.2. The number of nitrogens with zero attached hydrogens (tertiary/aromatic N) is 6. The highest BCUT2D eigenvalue weighted by molar-refractivity contribution is 8.00. The van der Waals surface area contributed by atoms with Crippen LogP contribution in [0, 0.1) is 0 Å². The molecule has 0 radical (unpaired) electrons. The zero-order valence-electron chi connectivity index (χ0n) is 11.9. The lowest BCUT2D eigenvalue weighted by Gasteiger charge is -2.21. The van der Waals surface area contributed by atoms with E-state index in [1.54, 1.807) is 7.11 Å². The number of methoxy groups -OCH3 is 1. The number of hydrogen-bond acceptors (Lipinski definition) is 8. The van der Waals surface area contributed by atoms with E-state index in [-0.39, 0.29) is 0 Å². The molecule has 1 aliphatic carbocycles. The van der Waals surface area contributed by atoms with Crippen molar-refractivity contribution in [2.45, 2.75) is 54.1 Å². The summed E-state index contributed by atoms with van der Waals surface area (Å²) in [5.41, 5.74) is 0. The fourth-order valence-electron chi connectivity index (χ4n) is 2.46. The molecule has 0 aliphatic heterocycles. The van der Waals surface area contributed by atoms with Gasteiger partial charge in [0.1, 0.15) is 5.82 Å². The summed E-state index contributed by atoms with van der Waals surface area (Å²) in [7, 11) is 1.68. The minimum absolute atomic E-state index is 0.428. The lowest BCUT2D eigenvalue weighted by molar-refractivity contribution is 0.200. The number of hydrogen-bond donors (Lipinski definition) is 0. The fourth-order valence-corrected chi connectivity index (χ4v) is 4.07. The second-order valence-corrected chi connectivity index (χ2v) is 6.99. The van der Waals surface area contributed by atoms with Gasteiger partial charge in [0.05, 0.1) is 12.6 Å². The molecule has 0 N–H and O–H groups in total. The Morgan fingerprint density at radius 2 is 2.19 bits per heavy atom. The Hall–Kier alpha value is -1.06. The smallest absolute Gasteiger partial charge is 0.216 e. The summed E-state index contributed by atoms with van der Waals surface area (Å²) in [6.45, 7) is 0.640. The lowest BCUT2D eigenvalue weighted by Crippen LogP contribution is -2.15. The number of tetrazole rings is 1. The van der Waals surface area contributed by atoms with Gasteiger partial charge in [-0.15, -0.1) is 5.10 Å². The molecular formula is C12H18N6OS2. The van der Waals surface area contributed by atoms with E-state index in [0.29, 0.717) is 12.6 Å². The summed E-state index contributed by atoms with van der Waals surface area (Å²) in [6.07, 6.45) is 6.90. The van der Waals surface area contributed by atoms with Crippen molar-refractivity contribution in [3.8, 4) is 0 Å². The molecule has 1 saturated carbocycles. The standard InChI is InChI=1S/C12H18N6OS2/c1-19-8-7-10-13-12(21-15-10)20-11-14-16-17-18(11)9-5-3-2-4-6-9/h9H,2-8H2,1H3. The van der Waals surface area contributed by atoms with Crippen LogP contribution in [0.1, 0.15) is 44.0 Å². The van der Waals surface area contributed by atoms with Gasteiger partial charge in [0.2, 0.25) is 5.16 Å². The minimum Gasteiger partial charge on any atom is -0.384 e. The Kier molecular flexibility index (Phi) is 5.15. The van der Waals surface area contributed by atoms with Gasteiger partial charge in [0, 0.05) is 13.5 Å². The van der Waals surface area contributed by atoms with Crippen LogP contribution >= 0.6 is 23.3 Å². The molecule has 114 valence electrons. The first kappa shape index (κ1) is 14.9. The van der Waals surface area contributed by atoms with Crippen LogP contribution in [0.15, 0.2) is 9.50 Å². The normalized spacial score (nSPS) is 16.4. The molecule has 2 heterocycles. The number of rotatable bonds is 6. The second-order valence-electron chi connectivity index (χ2n) is 5.02. The molecule has 0 bridgehead atoms. The number of ether oxygens (including phenoxy) is 1. The molecule has 0 aromatic carbocycles. The van der Waals surface area contributed by atoms with Crippen molar-refractivity contribution in [3.63, 3.8) is 0 Å². The van der Waals surface area contributed by atoms with Gasteiger partial charge in [-0.3, -0.25) is 0 Å². The largest absolute Gasteiger partial charge is 0.384 e. The van der Waals surface area contributed by atoms with E-state index in [9.17, 15) is 0 Å². The Morgan fingerprint density at radius 3 is 3.00 bits per heavy atom. The molecule has 7 nitrogen and oxygen atoms in total. The highest BCUT2D eigenvalue weighted by Gasteiger charge is 2.21. The van der Waals surface area contributed by atoms with Crippen LogP contribution in [0.5, 0.6) is 0 Å². The van der Waals surface area contributed by atoms with Crippen molar-refractivity contribution < 1.29 is 4.74 Å². The van der Waals surface area contributed by atoms with Crippen LogP contribution in [0.3, 0.4) is 0 Å². The monoisotopic (exact) mass is 326 g/mol. The van der Waals surface area contributed by atoms with Gasteiger partial charge in [-0.25, -0.2) is 9.67 Å². The molecule has 0 saturated heterocycles. The summed E-state index contributed by atoms with van der Waals surface area (Å²) in [4.78, 5) is 4.49. The molecule has 2 aromatic rings. The van der Waals surface area contributed by atoms with E-state index < -0.39 is 0 Å². The van der Waals surface area contributed by atoms with Gasteiger partial charge >= 0.3 is 0 Å². The second kappa shape index (κ2) is 7.28.